The molecular formula is C15H21ClN2O2. The first-order valence-electron chi connectivity index (χ1n) is 7.09. The van der Waals surface area contributed by atoms with Crippen LogP contribution in [0.2, 0.25) is 5.02 Å². The van der Waals surface area contributed by atoms with Gasteiger partial charge in [-0.25, -0.2) is 0 Å². The molecule has 1 fully saturated rings. The third-order valence-corrected chi connectivity index (χ3v) is 4.22. The number of hydrogen-bond donors (Lipinski definition) is 2. The molecule has 0 aliphatic carbocycles. The number of nitrogens with zero attached hydrogens (tertiary/aromatic N) is 1. The van der Waals surface area contributed by atoms with Crippen molar-refractivity contribution in [2.75, 3.05) is 26.2 Å². The van der Waals surface area contributed by atoms with E-state index in [4.69, 9.17) is 11.6 Å². The van der Waals surface area contributed by atoms with Crippen LogP contribution in [0.3, 0.4) is 0 Å². The van der Waals surface area contributed by atoms with E-state index < -0.39 is 0 Å². The summed E-state index contributed by atoms with van der Waals surface area (Å²) in [6, 6.07) is 4.51. The number of nitrogens with one attached hydrogen (secondary N) is 1. The van der Waals surface area contributed by atoms with E-state index in [2.05, 4.69) is 17.1 Å². The first-order valence-corrected chi connectivity index (χ1v) is 7.47. The molecule has 1 aromatic rings. The highest BCUT2D eigenvalue weighted by molar-refractivity contribution is 6.32. The molecule has 0 atom stereocenters. The van der Waals surface area contributed by atoms with Crippen molar-refractivity contribution in [1.29, 1.82) is 0 Å². The number of amides is 1. The maximum Gasteiger partial charge on any atom is 0.251 e. The normalized spacial score (nSPS) is 17.1. The molecule has 20 heavy (non-hydrogen) atoms. The zero-order chi connectivity index (χ0) is 14.5. The Morgan fingerprint density at radius 2 is 2.15 bits per heavy atom. The third kappa shape index (κ3) is 3.87. The zero-order valence-electron chi connectivity index (χ0n) is 11.7. The summed E-state index contributed by atoms with van der Waals surface area (Å²) in [5, 5.41) is 12.5. The highest BCUT2D eigenvalue weighted by Crippen LogP contribution is 2.23. The van der Waals surface area contributed by atoms with E-state index in [-0.39, 0.29) is 16.7 Å². The van der Waals surface area contributed by atoms with Gasteiger partial charge in [0.15, 0.2) is 0 Å². The number of phenolic OH excluding ortho intramolecular Hbond substituents is 1. The van der Waals surface area contributed by atoms with Crippen molar-refractivity contribution in [1.82, 2.24) is 10.2 Å². The summed E-state index contributed by atoms with van der Waals surface area (Å²) in [6.45, 7) is 6.21. The van der Waals surface area contributed by atoms with E-state index >= 15 is 0 Å². The van der Waals surface area contributed by atoms with Gasteiger partial charge in [-0.05, 0) is 56.6 Å². The number of hydrogen-bond acceptors (Lipinski definition) is 3. The lowest BCUT2D eigenvalue weighted by Gasteiger charge is -2.31. The van der Waals surface area contributed by atoms with Crippen molar-refractivity contribution in [3.8, 4) is 5.75 Å². The third-order valence-electron chi connectivity index (χ3n) is 3.92. The number of carbonyl (C=O) groups is 1. The van der Waals surface area contributed by atoms with Gasteiger partial charge in [0, 0.05) is 12.1 Å². The number of likely N-dealkylation sites (tertiary alicyclic amines) is 1. The molecular weight excluding hydrogens is 276 g/mol. The van der Waals surface area contributed by atoms with Gasteiger partial charge < -0.3 is 15.3 Å². The molecule has 0 unspecified atom stereocenters. The fourth-order valence-corrected chi connectivity index (χ4v) is 2.67. The standard InChI is InChI=1S/C15H21ClN2O2/c1-2-18-7-5-11(6-8-18)10-17-15(20)12-3-4-14(19)13(16)9-12/h3-4,9,11,19H,2,5-8,10H2,1H3,(H,17,20). The molecule has 1 amide bonds. The second-order valence-corrected chi connectivity index (χ2v) is 5.66. The molecule has 1 aliphatic heterocycles. The van der Waals surface area contributed by atoms with Crippen LogP contribution in [0.15, 0.2) is 18.2 Å². The van der Waals surface area contributed by atoms with Gasteiger partial charge in [0.25, 0.3) is 5.91 Å². The Bertz CT molecular complexity index is 471. The fourth-order valence-electron chi connectivity index (χ4n) is 2.49. The predicted octanol–water partition coefficient (Wildman–Crippen LogP) is 2.51. The summed E-state index contributed by atoms with van der Waals surface area (Å²) in [4.78, 5) is 14.4. The monoisotopic (exact) mass is 296 g/mol. The lowest BCUT2D eigenvalue weighted by atomic mass is 9.97. The Labute approximate surface area is 124 Å². The van der Waals surface area contributed by atoms with Crippen molar-refractivity contribution in [2.45, 2.75) is 19.8 Å². The van der Waals surface area contributed by atoms with Gasteiger partial charge in [0.1, 0.15) is 5.75 Å². The number of halogens is 1. The minimum atomic E-state index is -0.134. The second-order valence-electron chi connectivity index (χ2n) is 5.25. The van der Waals surface area contributed by atoms with Crippen molar-refractivity contribution >= 4 is 17.5 Å². The quantitative estimate of drug-likeness (QED) is 0.897. The number of benzene rings is 1. The van der Waals surface area contributed by atoms with Crippen LogP contribution in [0.4, 0.5) is 0 Å². The highest BCUT2D eigenvalue weighted by atomic mass is 35.5. The molecule has 0 spiro atoms. The Morgan fingerprint density at radius 3 is 2.75 bits per heavy atom. The molecule has 2 rings (SSSR count). The topological polar surface area (TPSA) is 52.6 Å². The lowest BCUT2D eigenvalue weighted by Crippen LogP contribution is -2.38. The molecule has 0 saturated carbocycles. The molecule has 1 heterocycles. The van der Waals surface area contributed by atoms with Gasteiger partial charge in [0.05, 0.1) is 5.02 Å². The van der Waals surface area contributed by atoms with E-state index in [0.29, 0.717) is 18.0 Å². The van der Waals surface area contributed by atoms with Crippen LogP contribution in [-0.4, -0.2) is 42.1 Å². The first-order chi connectivity index (χ1) is 9.60. The number of carbonyl (C=O) groups excluding carboxylic acids is 1. The zero-order valence-corrected chi connectivity index (χ0v) is 12.5. The Morgan fingerprint density at radius 1 is 1.45 bits per heavy atom. The number of aromatic hydroxyl groups is 1. The summed E-state index contributed by atoms with van der Waals surface area (Å²) in [5.41, 5.74) is 0.485. The molecule has 0 radical (unpaired) electrons. The van der Waals surface area contributed by atoms with Gasteiger partial charge in [-0.15, -0.1) is 0 Å². The molecule has 2 N–H and O–H groups in total. The summed E-state index contributed by atoms with van der Waals surface area (Å²) in [7, 11) is 0. The number of piperidine rings is 1. The molecule has 0 aromatic heterocycles. The van der Waals surface area contributed by atoms with Crippen molar-refractivity contribution in [2.24, 2.45) is 5.92 Å². The minimum Gasteiger partial charge on any atom is -0.506 e. The largest absolute Gasteiger partial charge is 0.506 e. The summed E-state index contributed by atoms with van der Waals surface area (Å²) in [6.07, 6.45) is 2.26. The van der Waals surface area contributed by atoms with Crippen LogP contribution in [0.1, 0.15) is 30.1 Å². The molecule has 1 aliphatic rings. The summed E-state index contributed by atoms with van der Waals surface area (Å²) < 4.78 is 0. The van der Waals surface area contributed by atoms with Crippen molar-refractivity contribution in [3.63, 3.8) is 0 Å². The fraction of sp³-hybridized carbons (Fsp3) is 0.533. The smallest absolute Gasteiger partial charge is 0.251 e. The van der Waals surface area contributed by atoms with Crippen LogP contribution in [0.5, 0.6) is 5.75 Å². The highest BCUT2D eigenvalue weighted by Gasteiger charge is 2.18. The maximum absolute atomic E-state index is 12.0. The van der Waals surface area contributed by atoms with E-state index in [1.54, 1.807) is 6.07 Å². The van der Waals surface area contributed by atoms with Gasteiger partial charge in [-0.3, -0.25) is 4.79 Å². The number of phenols is 1. The lowest BCUT2D eigenvalue weighted by molar-refractivity contribution is 0.0937. The van der Waals surface area contributed by atoms with E-state index in [1.165, 1.54) is 12.1 Å². The van der Waals surface area contributed by atoms with Gasteiger partial charge in [-0.1, -0.05) is 18.5 Å². The average Bonchev–Trinajstić information content (AvgIpc) is 2.48. The second kappa shape index (κ2) is 6.95. The molecule has 1 aromatic carbocycles. The van der Waals surface area contributed by atoms with Gasteiger partial charge >= 0.3 is 0 Å². The summed E-state index contributed by atoms with van der Waals surface area (Å²) >= 11 is 5.80. The van der Waals surface area contributed by atoms with E-state index in [1.807, 2.05) is 0 Å². The molecule has 4 nitrogen and oxygen atoms in total. The van der Waals surface area contributed by atoms with Crippen LogP contribution in [-0.2, 0) is 0 Å². The van der Waals surface area contributed by atoms with E-state index in [0.717, 1.165) is 32.5 Å². The Balaban J connectivity index is 1.82. The average molecular weight is 297 g/mol. The van der Waals surface area contributed by atoms with Crippen molar-refractivity contribution in [3.05, 3.63) is 28.8 Å². The van der Waals surface area contributed by atoms with Crippen LogP contribution in [0, 0.1) is 5.92 Å². The van der Waals surface area contributed by atoms with Crippen LogP contribution < -0.4 is 5.32 Å². The summed E-state index contributed by atoms with van der Waals surface area (Å²) in [5.74, 6) is 0.411. The van der Waals surface area contributed by atoms with Gasteiger partial charge in [0.2, 0.25) is 0 Å². The predicted molar refractivity (Wildman–Crippen MR) is 80.3 cm³/mol. The van der Waals surface area contributed by atoms with E-state index in [9.17, 15) is 9.90 Å². The van der Waals surface area contributed by atoms with Gasteiger partial charge in [-0.2, -0.15) is 0 Å². The van der Waals surface area contributed by atoms with Crippen LogP contribution in [0.25, 0.3) is 0 Å². The maximum atomic E-state index is 12.0. The molecule has 5 heteroatoms. The Hall–Kier alpha value is -1.26. The first kappa shape index (κ1) is 15.1. The van der Waals surface area contributed by atoms with Crippen molar-refractivity contribution < 1.29 is 9.90 Å². The minimum absolute atomic E-state index is 0.00449. The molecule has 110 valence electrons. The SMILES string of the molecule is CCN1CCC(CNC(=O)c2ccc(O)c(Cl)c2)CC1. The Kier molecular flexibility index (Phi) is 5.26. The molecule has 1 saturated heterocycles. The molecule has 0 bridgehead atoms. The van der Waals surface area contributed by atoms with Crippen LogP contribution >= 0.6 is 11.6 Å². The number of rotatable bonds is 4.